The van der Waals surface area contributed by atoms with Gasteiger partial charge in [-0.25, -0.2) is 9.59 Å². The van der Waals surface area contributed by atoms with Crippen molar-refractivity contribution >= 4 is 23.4 Å². The molecule has 2 aromatic rings. The van der Waals surface area contributed by atoms with Crippen molar-refractivity contribution in [2.75, 3.05) is 33.4 Å². The number of methoxy groups -OCH3 is 1. The fraction of sp³-hybridized carbons (Fsp3) is 0.424. The summed E-state index contributed by atoms with van der Waals surface area (Å²) in [6.45, 7) is 3.46. The standard InChI is InChI=1S/C33H38F3N3O9/c1-20-27(28(22-11-10-12-23(17-22)39(44)45)29(31(42)46-3)30(38-20)33(34,35)36)32(43)47-16-9-5-4-8-15-37-18-24(41)19-48-26-14-7-6-13-25(26)21(2)40/h6-7,10-14,17,24,28,37-38,41H,4-5,8-9,15-16,18-19H2,1-3H3. The van der Waals surface area contributed by atoms with Gasteiger partial charge in [0.25, 0.3) is 5.69 Å². The van der Waals surface area contributed by atoms with Gasteiger partial charge in [-0.3, -0.25) is 14.9 Å². The number of non-ortho nitro benzene ring substituents is 1. The number of carbonyl (C=O) groups is 3. The number of aliphatic hydroxyl groups excluding tert-OH is 1. The van der Waals surface area contributed by atoms with Crippen molar-refractivity contribution in [3.63, 3.8) is 0 Å². The summed E-state index contributed by atoms with van der Waals surface area (Å²) < 4.78 is 57.8. The number of hydrogen-bond acceptors (Lipinski definition) is 11. The normalized spacial score (nSPS) is 15.4. The maximum absolute atomic E-state index is 14.1. The maximum Gasteiger partial charge on any atom is 0.431 e. The van der Waals surface area contributed by atoms with Crippen LogP contribution in [-0.4, -0.2) is 73.4 Å². The third-order valence-corrected chi connectivity index (χ3v) is 7.44. The summed E-state index contributed by atoms with van der Waals surface area (Å²) in [5, 5.41) is 26.8. The van der Waals surface area contributed by atoms with Crippen LogP contribution in [0.4, 0.5) is 18.9 Å². The van der Waals surface area contributed by atoms with E-state index in [9.17, 15) is 42.8 Å². The number of dihydropyridines is 1. The Kier molecular flexibility index (Phi) is 13.7. The van der Waals surface area contributed by atoms with Crippen LogP contribution in [0.1, 0.15) is 61.4 Å². The number of halogens is 3. The van der Waals surface area contributed by atoms with Gasteiger partial charge in [-0.2, -0.15) is 13.2 Å². The molecule has 0 aliphatic carbocycles. The molecule has 0 radical (unpaired) electrons. The van der Waals surface area contributed by atoms with Gasteiger partial charge in [0, 0.05) is 24.4 Å². The van der Waals surface area contributed by atoms with Gasteiger partial charge in [0.05, 0.1) is 41.3 Å². The minimum atomic E-state index is -5.04. The number of nitrogens with zero attached hydrogens (tertiary/aromatic N) is 1. The van der Waals surface area contributed by atoms with Gasteiger partial charge >= 0.3 is 18.1 Å². The van der Waals surface area contributed by atoms with E-state index in [0.29, 0.717) is 30.7 Å². The average Bonchev–Trinajstić information content (AvgIpc) is 3.05. The van der Waals surface area contributed by atoms with Crippen molar-refractivity contribution in [1.29, 1.82) is 0 Å². The molecule has 0 fully saturated rings. The van der Waals surface area contributed by atoms with Crippen LogP contribution in [0.15, 0.2) is 71.1 Å². The highest BCUT2D eigenvalue weighted by Crippen LogP contribution is 2.44. The number of aliphatic hydroxyl groups is 1. The number of nitro groups is 1. The largest absolute Gasteiger partial charge is 0.490 e. The van der Waals surface area contributed by atoms with Gasteiger partial charge in [0.2, 0.25) is 0 Å². The van der Waals surface area contributed by atoms with Crippen molar-refractivity contribution < 1.29 is 51.8 Å². The van der Waals surface area contributed by atoms with Crippen LogP contribution in [0.25, 0.3) is 0 Å². The molecule has 0 amide bonds. The van der Waals surface area contributed by atoms with E-state index in [0.717, 1.165) is 32.1 Å². The number of esters is 2. The molecule has 15 heteroatoms. The second kappa shape index (κ2) is 17.4. The second-order valence-electron chi connectivity index (χ2n) is 11.0. The molecule has 3 N–H and O–H groups in total. The van der Waals surface area contributed by atoms with E-state index in [1.165, 1.54) is 26.0 Å². The minimum Gasteiger partial charge on any atom is -0.490 e. The van der Waals surface area contributed by atoms with E-state index in [4.69, 9.17) is 9.47 Å². The number of rotatable bonds is 17. The van der Waals surface area contributed by atoms with E-state index in [1.807, 2.05) is 0 Å². The third kappa shape index (κ3) is 10.1. The summed E-state index contributed by atoms with van der Waals surface area (Å²) >= 11 is 0. The number of nitrogens with one attached hydrogen (secondary N) is 2. The molecule has 2 aromatic carbocycles. The quantitative estimate of drug-likeness (QED) is 0.0687. The smallest absolute Gasteiger partial charge is 0.431 e. The van der Waals surface area contributed by atoms with Crippen molar-refractivity contribution in [2.45, 2.75) is 57.7 Å². The molecule has 1 aliphatic heterocycles. The van der Waals surface area contributed by atoms with Crippen LogP contribution >= 0.6 is 0 Å². The lowest BCUT2D eigenvalue weighted by Gasteiger charge is -2.31. The van der Waals surface area contributed by atoms with Crippen molar-refractivity contribution in [3.8, 4) is 5.75 Å². The van der Waals surface area contributed by atoms with Gasteiger partial charge in [-0.15, -0.1) is 0 Å². The molecular formula is C33H38F3N3O9. The van der Waals surface area contributed by atoms with Crippen molar-refractivity contribution in [2.24, 2.45) is 0 Å². The predicted octanol–water partition coefficient (Wildman–Crippen LogP) is 4.88. The van der Waals surface area contributed by atoms with E-state index < -0.39 is 52.0 Å². The fourth-order valence-corrected chi connectivity index (χ4v) is 5.15. The zero-order chi connectivity index (χ0) is 35.4. The van der Waals surface area contributed by atoms with Gasteiger partial charge in [-0.05, 0) is 50.9 Å². The molecule has 0 aromatic heterocycles. The highest BCUT2D eigenvalue weighted by Gasteiger charge is 2.47. The molecular weight excluding hydrogens is 639 g/mol. The molecule has 3 rings (SSSR count). The first-order chi connectivity index (χ1) is 22.8. The van der Waals surface area contributed by atoms with Crippen LogP contribution in [0.3, 0.4) is 0 Å². The summed E-state index contributed by atoms with van der Waals surface area (Å²) in [7, 11) is 0.890. The van der Waals surface area contributed by atoms with E-state index >= 15 is 0 Å². The lowest BCUT2D eigenvalue weighted by molar-refractivity contribution is -0.384. The lowest BCUT2D eigenvalue weighted by Crippen LogP contribution is -2.38. The second-order valence-corrected chi connectivity index (χ2v) is 11.0. The lowest BCUT2D eigenvalue weighted by atomic mass is 9.80. The fourth-order valence-electron chi connectivity index (χ4n) is 5.15. The number of ketones is 1. The third-order valence-electron chi connectivity index (χ3n) is 7.44. The summed E-state index contributed by atoms with van der Waals surface area (Å²) in [4.78, 5) is 48.4. The maximum atomic E-state index is 14.1. The Bertz CT molecular complexity index is 1560. The van der Waals surface area contributed by atoms with Crippen LogP contribution in [-0.2, 0) is 19.1 Å². The first kappa shape index (κ1) is 37.7. The first-order valence-corrected chi connectivity index (χ1v) is 15.2. The summed E-state index contributed by atoms with van der Waals surface area (Å²) in [6.07, 6.45) is -3.27. The van der Waals surface area contributed by atoms with Crippen LogP contribution < -0.4 is 15.4 Å². The Morgan fingerprint density at radius 3 is 2.42 bits per heavy atom. The van der Waals surface area contributed by atoms with Crippen LogP contribution in [0.5, 0.6) is 5.75 Å². The summed E-state index contributed by atoms with van der Waals surface area (Å²) in [5.74, 6) is -3.74. The topological polar surface area (TPSA) is 166 Å². The van der Waals surface area contributed by atoms with Gasteiger partial charge < -0.3 is 30.0 Å². The number of ether oxygens (including phenoxy) is 3. The molecule has 1 heterocycles. The van der Waals surface area contributed by atoms with Gasteiger partial charge in [0.15, 0.2) is 5.78 Å². The zero-order valence-electron chi connectivity index (χ0n) is 26.7. The van der Waals surface area contributed by atoms with E-state index in [1.54, 1.807) is 24.3 Å². The molecule has 12 nitrogen and oxygen atoms in total. The number of benzene rings is 2. The number of alkyl halides is 3. The number of hydrogen-bond donors (Lipinski definition) is 3. The zero-order valence-corrected chi connectivity index (χ0v) is 26.7. The number of carbonyl (C=O) groups excluding carboxylic acids is 3. The number of para-hydroxylation sites is 1. The monoisotopic (exact) mass is 677 g/mol. The Hall–Kier alpha value is -4.76. The predicted molar refractivity (Wildman–Crippen MR) is 167 cm³/mol. The molecule has 1 aliphatic rings. The minimum absolute atomic E-state index is 0.00451. The molecule has 2 unspecified atom stereocenters. The molecule has 2 atom stereocenters. The highest BCUT2D eigenvalue weighted by atomic mass is 19.4. The highest BCUT2D eigenvalue weighted by molar-refractivity contribution is 6.00. The Morgan fingerprint density at radius 1 is 1.04 bits per heavy atom. The molecule has 0 saturated carbocycles. The molecule has 0 bridgehead atoms. The van der Waals surface area contributed by atoms with Gasteiger partial charge in [-0.1, -0.05) is 37.1 Å². The Morgan fingerprint density at radius 2 is 1.75 bits per heavy atom. The van der Waals surface area contributed by atoms with Crippen molar-refractivity contribution in [3.05, 3.63) is 92.3 Å². The number of Topliss-reactive ketones (excluding diaryl/α,β-unsaturated/α-hetero) is 1. The summed E-state index contributed by atoms with van der Waals surface area (Å²) in [5.41, 5.74) is -2.99. The van der Waals surface area contributed by atoms with Gasteiger partial charge in [0.1, 0.15) is 24.2 Å². The number of unbranched alkanes of at least 4 members (excludes halogenated alkanes) is 3. The first-order valence-electron chi connectivity index (χ1n) is 15.2. The van der Waals surface area contributed by atoms with E-state index in [2.05, 4.69) is 15.4 Å². The van der Waals surface area contributed by atoms with Crippen molar-refractivity contribution in [1.82, 2.24) is 10.6 Å². The average molecular weight is 678 g/mol. The Labute approximate surface area is 275 Å². The van der Waals surface area contributed by atoms with Crippen LogP contribution in [0.2, 0.25) is 0 Å². The molecule has 48 heavy (non-hydrogen) atoms. The number of allylic oxidation sites excluding steroid dienone is 2. The molecule has 260 valence electrons. The molecule has 0 saturated heterocycles. The van der Waals surface area contributed by atoms with E-state index in [-0.39, 0.29) is 42.4 Å². The summed E-state index contributed by atoms with van der Waals surface area (Å²) in [6, 6.07) is 11.4. The SMILES string of the molecule is COC(=O)C1=C(C(F)(F)F)NC(C)=C(C(=O)OCCCCCCNCC(O)COc2ccccc2C(C)=O)C1c1cccc([N+](=O)[O-])c1. The van der Waals surface area contributed by atoms with Crippen LogP contribution in [0, 0.1) is 10.1 Å². The Balaban J connectivity index is 1.53. The molecule has 0 spiro atoms. The number of nitro benzene ring substituents is 1.